The molecule has 0 amide bonds. The van der Waals surface area contributed by atoms with E-state index in [1.807, 2.05) is 13.0 Å². The van der Waals surface area contributed by atoms with Gasteiger partial charge in [0.1, 0.15) is 5.75 Å². The average Bonchev–Trinajstić information content (AvgIpc) is 2.65. The van der Waals surface area contributed by atoms with Crippen molar-refractivity contribution in [1.29, 1.82) is 0 Å². The Morgan fingerprint density at radius 3 is 1.85 bits per heavy atom. The van der Waals surface area contributed by atoms with Gasteiger partial charge in [0.05, 0.1) is 31.7 Å². The summed E-state index contributed by atoms with van der Waals surface area (Å²) in [5, 5.41) is 10.3. The van der Waals surface area contributed by atoms with Crippen molar-refractivity contribution >= 4 is 6.29 Å². The predicted octanol–water partition coefficient (Wildman–Crippen LogP) is 5.66. The fourth-order valence-electron chi connectivity index (χ4n) is 3.92. The highest BCUT2D eigenvalue weighted by Gasteiger charge is 2.25. The third-order valence-electron chi connectivity index (χ3n) is 5.53. The summed E-state index contributed by atoms with van der Waals surface area (Å²) in [4.78, 5) is 11.2. The third kappa shape index (κ3) is 7.11. The third-order valence-corrected chi connectivity index (χ3v) is 5.53. The van der Waals surface area contributed by atoms with Crippen LogP contribution in [0.4, 0.5) is 0 Å². The zero-order valence-electron chi connectivity index (χ0n) is 17.5. The van der Waals surface area contributed by atoms with Crippen LogP contribution in [-0.4, -0.2) is 42.1 Å². The topological polar surface area (TPSA) is 37.3 Å². The summed E-state index contributed by atoms with van der Waals surface area (Å²) in [5.74, 6) is 0.180. The van der Waals surface area contributed by atoms with Crippen molar-refractivity contribution in [3.05, 3.63) is 28.8 Å². The van der Waals surface area contributed by atoms with E-state index >= 15 is 0 Å². The summed E-state index contributed by atoms with van der Waals surface area (Å²) in [6.07, 6.45) is 10.3. The average molecular weight is 363 g/mol. The molecule has 0 radical (unpaired) electrons. The second-order valence-electron chi connectivity index (χ2n) is 7.88. The molecule has 0 fully saturated rings. The van der Waals surface area contributed by atoms with Crippen LogP contribution >= 0.6 is 0 Å². The van der Waals surface area contributed by atoms with Gasteiger partial charge in [-0.1, -0.05) is 46.1 Å². The van der Waals surface area contributed by atoms with E-state index in [0.717, 1.165) is 30.3 Å². The van der Waals surface area contributed by atoms with E-state index in [2.05, 4.69) is 20.8 Å². The normalized spacial score (nSPS) is 11.7. The van der Waals surface area contributed by atoms with Crippen LogP contribution in [0.5, 0.6) is 5.75 Å². The van der Waals surface area contributed by atoms with Crippen LogP contribution in [0, 0.1) is 6.92 Å². The number of rotatable bonds is 14. The van der Waals surface area contributed by atoms with Crippen molar-refractivity contribution in [2.75, 3.05) is 26.2 Å². The van der Waals surface area contributed by atoms with Gasteiger partial charge in [0.25, 0.3) is 0 Å². The predicted molar refractivity (Wildman–Crippen MR) is 111 cm³/mol. The lowest BCUT2D eigenvalue weighted by molar-refractivity contribution is -0.929. The molecule has 1 aromatic carbocycles. The molecule has 0 aliphatic heterocycles. The molecule has 3 heteroatoms. The van der Waals surface area contributed by atoms with Crippen molar-refractivity contribution in [3.63, 3.8) is 0 Å². The molecule has 0 unspecified atom stereocenters. The Morgan fingerprint density at radius 1 is 0.885 bits per heavy atom. The molecule has 0 heterocycles. The van der Waals surface area contributed by atoms with E-state index in [4.69, 9.17) is 0 Å². The quantitative estimate of drug-likeness (QED) is 0.342. The number of aldehydes is 1. The summed E-state index contributed by atoms with van der Waals surface area (Å²) < 4.78 is 1.22. The van der Waals surface area contributed by atoms with Gasteiger partial charge < -0.3 is 9.59 Å². The molecule has 0 aliphatic rings. The SMILES string of the molecule is CCCC[N+](CCCC)(CCCC)CCCc1cc(C)cc(C=O)c1O. The Bertz CT molecular complexity index is 517. The highest BCUT2D eigenvalue weighted by Crippen LogP contribution is 2.25. The Kier molecular flexibility index (Phi) is 10.6. The maximum atomic E-state index is 11.2. The second-order valence-corrected chi connectivity index (χ2v) is 7.88. The Balaban J connectivity index is 2.84. The summed E-state index contributed by atoms with van der Waals surface area (Å²) in [6, 6.07) is 3.79. The van der Waals surface area contributed by atoms with Crippen molar-refractivity contribution in [1.82, 2.24) is 0 Å². The van der Waals surface area contributed by atoms with Crippen LogP contribution in [0.25, 0.3) is 0 Å². The number of carbonyl (C=O) groups is 1. The maximum Gasteiger partial charge on any atom is 0.153 e. The lowest BCUT2D eigenvalue weighted by Gasteiger charge is -2.39. The maximum absolute atomic E-state index is 11.2. The van der Waals surface area contributed by atoms with Crippen molar-refractivity contribution in [3.8, 4) is 5.75 Å². The molecule has 1 rings (SSSR count). The number of phenols is 1. The van der Waals surface area contributed by atoms with Gasteiger partial charge in [0, 0.05) is 6.42 Å². The first kappa shape index (κ1) is 22.7. The minimum atomic E-state index is 0.180. The number of nitrogens with zero attached hydrogens (tertiary/aromatic N) is 1. The highest BCUT2D eigenvalue weighted by molar-refractivity contribution is 5.80. The number of benzene rings is 1. The van der Waals surface area contributed by atoms with Gasteiger partial charge in [-0.2, -0.15) is 0 Å². The monoisotopic (exact) mass is 362 g/mol. The van der Waals surface area contributed by atoms with E-state index in [-0.39, 0.29) is 5.75 Å². The zero-order valence-corrected chi connectivity index (χ0v) is 17.5. The number of quaternary nitrogens is 1. The molecule has 0 saturated carbocycles. The first-order valence-electron chi connectivity index (χ1n) is 10.6. The van der Waals surface area contributed by atoms with E-state index in [1.165, 1.54) is 69.2 Å². The van der Waals surface area contributed by atoms with Crippen LogP contribution < -0.4 is 0 Å². The smallest absolute Gasteiger partial charge is 0.153 e. The number of aromatic hydroxyl groups is 1. The summed E-state index contributed by atoms with van der Waals surface area (Å²) in [7, 11) is 0. The Hall–Kier alpha value is -1.35. The molecule has 26 heavy (non-hydrogen) atoms. The van der Waals surface area contributed by atoms with Gasteiger partial charge in [-0.25, -0.2) is 0 Å². The Morgan fingerprint density at radius 2 is 1.38 bits per heavy atom. The summed E-state index contributed by atoms with van der Waals surface area (Å²) in [6.45, 7) is 13.8. The summed E-state index contributed by atoms with van der Waals surface area (Å²) >= 11 is 0. The van der Waals surface area contributed by atoms with E-state index in [9.17, 15) is 9.90 Å². The minimum absolute atomic E-state index is 0.180. The van der Waals surface area contributed by atoms with E-state index in [0.29, 0.717) is 5.56 Å². The molecule has 0 spiro atoms. The van der Waals surface area contributed by atoms with Crippen molar-refractivity contribution in [2.45, 2.75) is 79.1 Å². The first-order chi connectivity index (χ1) is 12.5. The number of aryl methyl sites for hydroxylation is 2. The molecule has 0 aliphatic carbocycles. The minimum Gasteiger partial charge on any atom is -0.507 e. The number of hydrogen-bond acceptors (Lipinski definition) is 2. The summed E-state index contributed by atoms with van der Waals surface area (Å²) in [5.41, 5.74) is 2.39. The standard InChI is InChI=1S/C23H39NO2/c1-5-8-13-24(14-9-6-2,15-10-7-3)16-11-12-21-17-20(4)18-22(19-25)23(21)26/h17-19H,5-16H2,1-4H3/p+1. The number of hydrogen-bond donors (Lipinski definition) is 1. The zero-order chi connectivity index (χ0) is 19.4. The second kappa shape index (κ2) is 12.1. The molecular formula is C23H40NO2+. The molecule has 1 N–H and O–H groups in total. The van der Waals surface area contributed by atoms with E-state index < -0.39 is 0 Å². The molecule has 1 aromatic rings. The van der Waals surface area contributed by atoms with E-state index in [1.54, 1.807) is 6.07 Å². The first-order valence-corrected chi connectivity index (χ1v) is 10.6. The van der Waals surface area contributed by atoms with Gasteiger partial charge in [-0.15, -0.1) is 0 Å². The van der Waals surface area contributed by atoms with Crippen molar-refractivity contribution in [2.24, 2.45) is 0 Å². The molecule has 3 nitrogen and oxygen atoms in total. The van der Waals surface area contributed by atoms with Crippen molar-refractivity contribution < 1.29 is 14.4 Å². The molecule has 148 valence electrons. The van der Waals surface area contributed by atoms with Gasteiger partial charge >= 0.3 is 0 Å². The van der Waals surface area contributed by atoms with Crippen LogP contribution in [0.1, 0.15) is 87.2 Å². The highest BCUT2D eigenvalue weighted by atomic mass is 16.3. The van der Waals surface area contributed by atoms with Crippen LogP contribution in [0.3, 0.4) is 0 Å². The molecular weight excluding hydrogens is 322 g/mol. The lowest BCUT2D eigenvalue weighted by Crippen LogP contribution is -2.50. The largest absolute Gasteiger partial charge is 0.507 e. The molecule has 0 saturated heterocycles. The van der Waals surface area contributed by atoms with Gasteiger partial charge in [0.15, 0.2) is 6.29 Å². The fourth-order valence-corrected chi connectivity index (χ4v) is 3.92. The fraction of sp³-hybridized carbons (Fsp3) is 0.696. The van der Waals surface area contributed by atoms with Crippen LogP contribution in [0.15, 0.2) is 12.1 Å². The van der Waals surface area contributed by atoms with Gasteiger partial charge in [0.2, 0.25) is 0 Å². The van der Waals surface area contributed by atoms with Crippen LogP contribution in [-0.2, 0) is 6.42 Å². The van der Waals surface area contributed by atoms with Crippen LogP contribution in [0.2, 0.25) is 0 Å². The number of phenolic OH excluding ortho intramolecular Hbond substituents is 1. The lowest BCUT2D eigenvalue weighted by atomic mass is 10.0. The van der Waals surface area contributed by atoms with Gasteiger partial charge in [-0.05, 0) is 49.8 Å². The number of unbranched alkanes of at least 4 members (excludes halogenated alkanes) is 3. The number of carbonyl (C=O) groups excluding carboxylic acids is 1. The molecule has 0 atom stereocenters. The molecule has 0 bridgehead atoms. The molecule has 0 aromatic heterocycles. The Labute approximate surface area is 161 Å². The van der Waals surface area contributed by atoms with Gasteiger partial charge in [-0.3, -0.25) is 4.79 Å².